The number of rotatable bonds is 7. The maximum absolute atomic E-state index is 12.9. The van der Waals surface area contributed by atoms with Crippen molar-refractivity contribution in [1.82, 2.24) is 4.90 Å². The van der Waals surface area contributed by atoms with Gasteiger partial charge in [-0.3, -0.25) is 19.8 Å². The molecule has 1 saturated heterocycles. The van der Waals surface area contributed by atoms with Gasteiger partial charge in [0, 0.05) is 57.0 Å². The molecule has 0 aromatic heterocycles. The molecule has 2 aromatic rings. The third kappa shape index (κ3) is 5.88. The number of non-ortho nitro benzene ring substituents is 1. The zero-order chi connectivity index (χ0) is 23.3. The molecule has 8 nitrogen and oxygen atoms in total. The predicted octanol–water partition coefficient (Wildman–Crippen LogP) is 3.77. The number of nitro groups is 1. The summed E-state index contributed by atoms with van der Waals surface area (Å²) in [6.07, 6.45) is -4.22. The van der Waals surface area contributed by atoms with E-state index < -0.39 is 16.7 Å². The van der Waals surface area contributed by atoms with E-state index in [1.54, 1.807) is 6.07 Å². The van der Waals surface area contributed by atoms with Gasteiger partial charge in [-0.05, 0) is 24.3 Å². The van der Waals surface area contributed by atoms with E-state index in [1.807, 2.05) is 9.80 Å². The van der Waals surface area contributed by atoms with Crippen LogP contribution < -0.4 is 15.0 Å². The largest absolute Gasteiger partial charge is 0.495 e. The molecular formula is C21H23F3N4O4. The predicted molar refractivity (Wildman–Crippen MR) is 113 cm³/mol. The summed E-state index contributed by atoms with van der Waals surface area (Å²) >= 11 is 0. The molecule has 1 aliphatic heterocycles. The summed E-state index contributed by atoms with van der Waals surface area (Å²) in [6.45, 7) is 2.75. The molecule has 1 fully saturated rings. The van der Waals surface area contributed by atoms with E-state index in [0.29, 0.717) is 44.2 Å². The first-order chi connectivity index (χ1) is 15.2. The summed E-state index contributed by atoms with van der Waals surface area (Å²) in [6, 6.07) is 9.20. The molecule has 11 heteroatoms. The fourth-order valence-electron chi connectivity index (χ4n) is 3.49. The van der Waals surface area contributed by atoms with E-state index in [9.17, 15) is 28.1 Å². The van der Waals surface area contributed by atoms with Crippen molar-refractivity contribution in [2.75, 3.05) is 50.1 Å². The molecule has 2 aromatic carbocycles. The van der Waals surface area contributed by atoms with Crippen molar-refractivity contribution in [3.63, 3.8) is 0 Å². The topological polar surface area (TPSA) is 87.9 Å². The van der Waals surface area contributed by atoms with Gasteiger partial charge in [0.25, 0.3) is 5.69 Å². The van der Waals surface area contributed by atoms with Gasteiger partial charge in [0.2, 0.25) is 5.91 Å². The quantitative estimate of drug-likeness (QED) is 0.508. The Morgan fingerprint density at radius 1 is 1.16 bits per heavy atom. The van der Waals surface area contributed by atoms with Gasteiger partial charge in [-0.25, -0.2) is 0 Å². The summed E-state index contributed by atoms with van der Waals surface area (Å²) in [5.74, 6) is 0.00255. The summed E-state index contributed by atoms with van der Waals surface area (Å²) in [7, 11) is 1.40. The molecule has 0 bridgehead atoms. The summed E-state index contributed by atoms with van der Waals surface area (Å²) in [5.41, 5.74) is -0.0893. The number of carbonyl (C=O) groups is 1. The fourth-order valence-corrected chi connectivity index (χ4v) is 3.49. The zero-order valence-corrected chi connectivity index (χ0v) is 17.4. The smallest absolute Gasteiger partial charge is 0.416 e. The third-order valence-electron chi connectivity index (χ3n) is 5.23. The van der Waals surface area contributed by atoms with Crippen LogP contribution in [0.25, 0.3) is 0 Å². The van der Waals surface area contributed by atoms with Crippen LogP contribution in [0.5, 0.6) is 5.75 Å². The highest BCUT2D eigenvalue weighted by molar-refractivity contribution is 5.92. The molecule has 0 spiro atoms. The molecule has 0 radical (unpaired) electrons. The molecule has 172 valence electrons. The molecule has 0 aliphatic carbocycles. The van der Waals surface area contributed by atoms with Crippen LogP contribution in [0.15, 0.2) is 42.5 Å². The summed E-state index contributed by atoms with van der Waals surface area (Å²) < 4.78 is 43.9. The number of nitrogens with zero attached hydrogens (tertiary/aromatic N) is 3. The van der Waals surface area contributed by atoms with Crippen molar-refractivity contribution in [3.8, 4) is 5.75 Å². The van der Waals surface area contributed by atoms with E-state index in [4.69, 9.17) is 4.74 Å². The standard InChI is InChI=1S/C21H23F3N4O4/c1-32-19-6-5-17(28(30)31)14-18(19)25-20(29)7-8-26-9-11-27(12-10-26)16-4-2-3-15(13-16)21(22,23)24/h2-6,13-14H,7-12H2,1H3,(H,25,29). The number of alkyl halides is 3. The Hall–Kier alpha value is -3.34. The second-order valence-corrected chi connectivity index (χ2v) is 7.32. The van der Waals surface area contributed by atoms with Gasteiger partial charge in [-0.2, -0.15) is 13.2 Å². The SMILES string of the molecule is COc1ccc([N+](=O)[O-])cc1NC(=O)CCN1CCN(c2cccc(C(F)(F)F)c2)CC1. The molecule has 0 unspecified atom stereocenters. The molecular weight excluding hydrogens is 429 g/mol. The molecule has 0 atom stereocenters. The van der Waals surface area contributed by atoms with E-state index >= 15 is 0 Å². The first-order valence-electron chi connectivity index (χ1n) is 9.94. The van der Waals surface area contributed by atoms with E-state index in [0.717, 1.165) is 12.1 Å². The Labute approximate surface area is 182 Å². The van der Waals surface area contributed by atoms with Crippen LogP contribution in [0, 0.1) is 10.1 Å². The molecule has 1 aliphatic rings. The molecule has 3 rings (SSSR count). The highest BCUT2D eigenvalue weighted by Crippen LogP contribution is 2.32. The number of piperazine rings is 1. The first-order valence-corrected chi connectivity index (χ1v) is 9.94. The van der Waals surface area contributed by atoms with Crippen LogP contribution in [0.1, 0.15) is 12.0 Å². The average molecular weight is 452 g/mol. The Bertz CT molecular complexity index is 976. The lowest BCUT2D eigenvalue weighted by Gasteiger charge is -2.36. The Morgan fingerprint density at radius 3 is 2.50 bits per heavy atom. The number of amides is 1. The van der Waals surface area contributed by atoms with Crippen LogP contribution in [-0.4, -0.2) is 55.6 Å². The van der Waals surface area contributed by atoms with Crippen molar-refractivity contribution in [2.45, 2.75) is 12.6 Å². The molecule has 32 heavy (non-hydrogen) atoms. The number of carbonyl (C=O) groups excluding carboxylic acids is 1. The number of hydrogen-bond acceptors (Lipinski definition) is 6. The van der Waals surface area contributed by atoms with Gasteiger partial charge in [0.15, 0.2) is 0 Å². The van der Waals surface area contributed by atoms with Crippen LogP contribution in [-0.2, 0) is 11.0 Å². The number of hydrogen-bond donors (Lipinski definition) is 1. The minimum absolute atomic E-state index is 0.160. The van der Waals surface area contributed by atoms with Gasteiger partial charge >= 0.3 is 6.18 Å². The van der Waals surface area contributed by atoms with Gasteiger partial charge in [0.1, 0.15) is 5.75 Å². The van der Waals surface area contributed by atoms with Crippen molar-refractivity contribution < 1.29 is 27.6 Å². The number of halogens is 3. The van der Waals surface area contributed by atoms with E-state index in [2.05, 4.69) is 5.32 Å². The summed E-state index contributed by atoms with van der Waals surface area (Å²) in [4.78, 5) is 26.7. The second-order valence-electron chi connectivity index (χ2n) is 7.32. The van der Waals surface area contributed by atoms with Crippen LogP contribution in [0.2, 0.25) is 0 Å². The maximum Gasteiger partial charge on any atom is 0.416 e. The van der Waals surface area contributed by atoms with Gasteiger partial charge in [-0.1, -0.05) is 6.07 Å². The minimum atomic E-state index is -4.38. The monoisotopic (exact) mass is 452 g/mol. The number of methoxy groups -OCH3 is 1. The van der Waals surface area contributed by atoms with Gasteiger partial charge < -0.3 is 15.0 Å². The number of ether oxygens (including phenoxy) is 1. The van der Waals surface area contributed by atoms with Gasteiger partial charge in [-0.15, -0.1) is 0 Å². The first kappa shape index (κ1) is 23.3. The number of nitro benzene ring substituents is 1. The Kier molecular flexibility index (Phi) is 7.18. The fraction of sp³-hybridized carbons (Fsp3) is 0.381. The minimum Gasteiger partial charge on any atom is -0.495 e. The average Bonchev–Trinajstić information content (AvgIpc) is 2.77. The van der Waals surface area contributed by atoms with Crippen molar-refractivity contribution >= 4 is 23.0 Å². The number of benzene rings is 2. The Balaban J connectivity index is 1.51. The van der Waals surface area contributed by atoms with Crippen LogP contribution in [0.3, 0.4) is 0 Å². The molecule has 1 N–H and O–H groups in total. The highest BCUT2D eigenvalue weighted by atomic mass is 19.4. The van der Waals surface area contributed by atoms with E-state index in [-0.39, 0.29) is 23.7 Å². The maximum atomic E-state index is 12.9. The molecule has 1 amide bonds. The lowest BCUT2D eigenvalue weighted by molar-refractivity contribution is -0.384. The highest BCUT2D eigenvalue weighted by Gasteiger charge is 2.31. The van der Waals surface area contributed by atoms with Gasteiger partial charge in [0.05, 0.1) is 23.3 Å². The van der Waals surface area contributed by atoms with Crippen LogP contribution in [0.4, 0.5) is 30.2 Å². The second kappa shape index (κ2) is 9.86. The summed E-state index contributed by atoms with van der Waals surface area (Å²) in [5, 5.41) is 13.6. The lowest BCUT2D eigenvalue weighted by atomic mass is 10.1. The number of nitrogens with one attached hydrogen (secondary N) is 1. The van der Waals surface area contributed by atoms with Crippen molar-refractivity contribution in [3.05, 3.63) is 58.1 Å². The van der Waals surface area contributed by atoms with E-state index in [1.165, 1.54) is 31.4 Å². The zero-order valence-electron chi connectivity index (χ0n) is 17.4. The van der Waals surface area contributed by atoms with Crippen molar-refractivity contribution in [1.29, 1.82) is 0 Å². The lowest BCUT2D eigenvalue weighted by Crippen LogP contribution is -2.47. The molecule has 0 saturated carbocycles. The molecule has 1 heterocycles. The Morgan fingerprint density at radius 2 is 1.88 bits per heavy atom. The number of anilines is 2. The van der Waals surface area contributed by atoms with Crippen LogP contribution >= 0.6 is 0 Å². The third-order valence-corrected chi connectivity index (χ3v) is 5.23. The van der Waals surface area contributed by atoms with Crippen molar-refractivity contribution in [2.24, 2.45) is 0 Å². The normalized spacial score (nSPS) is 14.8.